The smallest absolute Gasteiger partial charge is 0.259 e. The zero-order valence-corrected chi connectivity index (χ0v) is 17.7. The van der Waals surface area contributed by atoms with Crippen molar-refractivity contribution in [2.24, 2.45) is 13.0 Å². The Kier molecular flexibility index (Phi) is 6.35. The van der Waals surface area contributed by atoms with Crippen molar-refractivity contribution in [2.75, 3.05) is 39.9 Å². The molecule has 0 bridgehead atoms. The van der Waals surface area contributed by atoms with Crippen molar-refractivity contribution in [1.29, 1.82) is 0 Å². The summed E-state index contributed by atoms with van der Waals surface area (Å²) < 4.78 is 9.06. The number of carbonyl (C=O) groups is 1. The molecule has 0 aromatic carbocycles. The molecule has 0 unspecified atom stereocenters. The van der Waals surface area contributed by atoms with Gasteiger partial charge in [-0.05, 0) is 56.8 Å². The molecule has 4 rings (SSSR count). The summed E-state index contributed by atoms with van der Waals surface area (Å²) in [6, 6.07) is 4.54. The van der Waals surface area contributed by atoms with Gasteiger partial charge in [0.2, 0.25) is 0 Å². The van der Waals surface area contributed by atoms with Crippen LogP contribution in [-0.2, 0) is 11.8 Å². The van der Waals surface area contributed by atoms with Crippen molar-refractivity contribution in [3.05, 3.63) is 36.3 Å². The van der Waals surface area contributed by atoms with Gasteiger partial charge in [-0.25, -0.2) is 0 Å². The van der Waals surface area contributed by atoms with Gasteiger partial charge in [-0.2, -0.15) is 5.10 Å². The average Bonchev–Trinajstić information content (AvgIpc) is 3.40. The first kappa shape index (κ1) is 20.2. The lowest BCUT2D eigenvalue weighted by Gasteiger charge is -2.45. The summed E-state index contributed by atoms with van der Waals surface area (Å²) in [7, 11) is 3.58. The van der Waals surface area contributed by atoms with Gasteiger partial charge in [-0.1, -0.05) is 6.42 Å². The minimum Gasteiger partial charge on any atom is -0.383 e. The van der Waals surface area contributed by atoms with Crippen LogP contribution in [0.3, 0.4) is 0 Å². The Morgan fingerprint density at radius 2 is 2.00 bits per heavy atom. The monoisotopic (exact) mass is 399 g/mol. The zero-order chi connectivity index (χ0) is 20.2. The second-order valence-corrected chi connectivity index (χ2v) is 8.34. The van der Waals surface area contributed by atoms with Gasteiger partial charge in [0, 0.05) is 45.7 Å². The van der Waals surface area contributed by atoms with Crippen molar-refractivity contribution >= 4 is 5.91 Å². The highest BCUT2D eigenvalue weighted by Crippen LogP contribution is 2.32. The molecule has 2 fully saturated rings. The molecule has 7 nitrogen and oxygen atoms in total. The Hall–Kier alpha value is -2.12. The summed E-state index contributed by atoms with van der Waals surface area (Å²) in [5.74, 6) is 1.40. The molecule has 2 aromatic heterocycles. The van der Waals surface area contributed by atoms with Crippen LogP contribution in [0.2, 0.25) is 0 Å². The molecule has 7 heteroatoms. The zero-order valence-electron chi connectivity index (χ0n) is 17.7. The minimum absolute atomic E-state index is 0.0479. The molecule has 2 aromatic rings. The molecule has 158 valence electrons. The van der Waals surface area contributed by atoms with E-state index in [0.29, 0.717) is 30.7 Å². The first-order valence-electron chi connectivity index (χ1n) is 10.9. The van der Waals surface area contributed by atoms with E-state index in [-0.39, 0.29) is 5.91 Å². The molecule has 4 heterocycles. The number of ether oxygens (including phenoxy) is 1. The number of carbonyl (C=O) groups excluding carboxylic acids is 1. The van der Waals surface area contributed by atoms with E-state index < -0.39 is 0 Å². The van der Waals surface area contributed by atoms with Crippen LogP contribution in [0, 0.1) is 5.92 Å². The van der Waals surface area contributed by atoms with Crippen LogP contribution in [0.4, 0.5) is 0 Å². The highest BCUT2D eigenvalue weighted by Gasteiger charge is 2.35. The topological polar surface area (TPSA) is 55.5 Å². The van der Waals surface area contributed by atoms with Crippen LogP contribution in [-0.4, -0.2) is 76.0 Å². The average molecular weight is 400 g/mol. The number of nitrogens with zero attached hydrogens (tertiary/aromatic N) is 5. The first-order chi connectivity index (χ1) is 14.2. The number of piperidine rings is 2. The number of rotatable bonds is 7. The fourth-order valence-electron chi connectivity index (χ4n) is 5.08. The summed E-state index contributed by atoms with van der Waals surface area (Å²) in [6.07, 6.45) is 11.9. The fourth-order valence-corrected chi connectivity index (χ4v) is 5.08. The van der Waals surface area contributed by atoms with E-state index in [4.69, 9.17) is 4.74 Å². The summed E-state index contributed by atoms with van der Waals surface area (Å²) in [5.41, 5.74) is 0.649. The van der Waals surface area contributed by atoms with E-state index in [1.54, 1.807) is 18.0 Å². The van der Waals surface area contributed by atoms with Crippen LogP contribution in [0.25, 0.3) is 5.82 Å². The van der Waals surface area contributed by atoms with Gasteiger partial charge in [0.15, 0.2) is 0 Å². The maximum atomic E-state index is 13.6. The largest absolute Gasteiger partial charge is 0.383 e. The predicted molar refractivity (Wildman–Crippen MR) is 112 cm³/mol. The SMILES string of the molecule is COCCN(C[C@@H]1CCCN2CCCC[C@H]12)C(=O)c1cnn(C)c1-n1cccc1. The molecule has 2 aliphatic rings. The molecular formula is C22H33N5O2. The van der Waals surface area contributed by atoms with Crippen molar-refractivity contribution in [3.8, 4) is 5.82 Å². The van der Waals surface area contributed by atoms with Gasteiger partial charge in [0.1, 0.15) is 11.4 Å². The molecule has 2 atom stereocenters. The van der Waals surface area contributed by atoms with Gasteiger partial charge < -0.3 is 19.1 Å². The number of hydrogen-bond donors (Lipinski definition) is 0. The molecule has 0 aliphatic carbocycles. The minimum atomic E-state index is 0.0479. The van der Waals surface area contributed by atoms with Gasteiger partial charge in [0.25, 0.3) is 5.91 Å². The molecule has 0 radical (unpaired) electrons. The second kappa shape index (κ2) is 9.13. The number of aromatic nitrogens is 3. The fraction of sp³-hybridized carbons (Fsp3) is 0.636. The van der Waals surface area contributed by atoms with Crippen LogP contribution < -0.4 is 0 Å². The third-order valence-corrected chi connectivity index (χ3v) is 6.52. The maximum Gasteiger partial charge on any atom is 0.259 e. The number of aryl methyl sites for hydroxylation is 1. The number of amides is 1. The third kappa shape index (κ3) is 4.26. The van der Waals surface area contributed by atoms with Crippen LogP contribution >= 0.6 is 0 Å². The lowest BCUT2D eigenvalue weighted by atomic mass is 9.83. The predicted octanol–water partition coefficient (Wildman–Crippen LogP) is 2.56. The van der Waals surface area contributed by atoms with Gasteiger partial charge in [-0.15, -0.1) is 0 Å². The Bertz CT molecular complexity index is 798. The molecule has 0 saturated carbocycles. The summed E-state index contributed by atoms with van der Waals surface area (Å²) >= 11 is 0. The van der Waals surface area contributed by atoms with Crippen LogP contribution in [0.1, 0.15) is 42.5 Å². The molecule has 1 amide bonds. The second-order valence-electron chi connectivity index (χ2n) is 8.34. The Balaban J connectivity index is 1.56. The van der Waals surface area contributed by atoms with Crippen LogP contribution in [0.5, 0.6) is 0 Å². The molecular weight excluding hydrogens is 366 g/mol. The normalized spacial score (nSPS) is 22.4. The van der Waals surface area contributed by atoms with Gasteiger partial charge in [-0.3, -0.25) is 9.48 Å². The first-order valence-corrected chi connectivity index (χ1v) is 10.9. The molecule has 29 heavy (non-hydrogen) atoms. The van der Waals surface area contributed by atoms with E-state index in [1.807, 2.05) is 41.0 Å². The highest BCUT2D eigenvalue weighted by molar-refractivity contribution is 5.97. The third-order valence-electron chi connectivity index (χ3n) is 6.52. The molecule has 2 saturated heterocycles. The van der Waals surface area contributed by atoms with Crippen molar-refractivity contribution in [2.45, 2.75) is 38.1 Å². The van der Waals surface area contributed by atoms with E-state index in [2.05, 4.69) is 10.00 Å². The van der Waals surface area contributed by atoms with Crippen LogP contribution in [0.15, 0.2) is 30.7 Å². The Labute approximate surface area is 173 Å². The number of methoxy groups -OCH3 is 1. The van der Waals surface area contributed by atoms with Crippen molar-refractivity contribution < 1.29 is 9.53 Å². The quantitative estimate of drug-likeness (QED) is 0.718. The number of hydrogen-bond acceptors (Lipinski definition) is 4. The summed E-state index contributed by atoms with van der Waals surface area (Å²) in [5, 5.41) is 4.38. The standard InChI is InChI=1S/C22H33N5O2/c1-24-21(26-11-5-6-12-26)19(16-23-24)22(28)27(14-15-29-2)17-18-8-7-13-25-10-4-3-9-20(18)25/h5-6,11-12,16,18,20H,3-4,7-10,13-15,17H2,1-2H3/t18-,20+/m0/s1. The van der Waals surface area contributed by atoms with E-state index >= 15 is 0 Å². The highest BCUT2D eigenvalue weighted by atomic mass is 16.5. The maximum absolute atomic E-state index is 13.6. The van der Waals surface area contributed by atoms with Crippen molar-refractivity contribution in [3.63, 3.8) is 0 Å². The summed E-state index contributed by atoms with van der Waals surface area (Å²) in [4.78, 5) is 18.3. The van der Waals surface area contributed by atoms with Gasteiger partial charge >= 0.3 is 0 Å². The van der Waals surface area contributed by atoms with E-state index in [0.717, 1.165) is 12.4 Å². The molecule has 0 N–H and O–H groups in total. The Morgan fingerprint density at radius 3 is 2.79 bits per heavy atom. The Morgan fingerprint density at radius 1 is 1.21 bits per heavy atom. The van der Waals surface area contributed by atoms with Gasteiger partial charge in [0.05, 0.1) is 12.8 Å². The summed E-state index contributed by atoms with van der Waals surface area (Å²) in [6.45, 7) is 4.38. The van der Waals surface area contributed by atoms with Crippen molar-refractivity contribution in [1.82, 2.24) is 24.1 Å². The lowest BCUT2D eigenvalue weighted by molar-refractivity contribution is 0.0315. The molecule has 2 aliphatic heterocycles. The number of fused-ring (bicyclic) bond motifs is 1. The lowest BCUT2D eigenvalue weighted by Crippen LogP contribution is -2.52. The van der Waals surface area contributed by atoms with E-state index in [9.17, 15) is 4.79 Å². The van der Waals surface area contributed by atoms with E-state index in [1.165, 1.54) is 45.2 Å². The molecule has 0 spiro atoms.